The molecule has 0 heterocycles. The molecule has 23 heavy (non-hydrogen) atoms. The number of hydrogen-bond acceptors (Lipinski definition) is 3. The van der Waals surface area contributed by atoms with Gasteiger partial charge in [0.1, 0.15) is 0 Å². The fraction of sp³-hybridized carbons (Fsp3) is 0.316. The van der Waals surface area contributed by atoms with Crippen molar-refractivity contribution in [1.82, 2.24) is 0 Å². The zero-order valence-corrected chi connectivity index (χ0v) is 16.1. The van der Waals surface area contributed by atoms with E-state index in [1.165, 1.54) is 0 Å². The largest absolute Gasteiger partial charge is 0.493 e. The number of ketones is 1. The van der Waals surface area contributed by atoms with Gasteiger partial charge in [0.2, 0.25) is 0 Å². The minimum absolute atomic E-state index is 0.0639. The van der Waals surface area contributed by atoms with E-state index in [2.05, 4.69) is 22.5 Å². The minimum Gasteiger partial charge on any atom is -0.493 e. The molecule has 0 amide bonds. The average molecular weight is 381 g/mol. The summed E-state index contributed by atoms with van der Waals surface area (Å²) in [5, 5.41) is 0.552. The first-order valence-electron chi connectivity index (χ1n) is 7.43. The zero-order chi connectivity index (χ0) is 17.8. The van der Waals surface area contributed by atoms with E-state index in [-0.39, 0.29) is 5.78 Å². The van der Waals surface area contributed by atoms with Crippen molar-refractivity contribution in [3.8, 4) is 11.5 Å². The van der Waals surface area contributed by atoms with Gasteiger partial charge in [-0.2, -0.15) is 0 Å². The summed E-state index contributed by atoms with van der Waals surface area (Å²) in [6.07, 6.45) is 6.89. The number of carbonyl (C=O) groups excluding carboxylic acids is 1. The van der Waals surface area contributed by atoms with Crippen LogP contribution in [0.1, 0.15) is 36.7 Å². The first kappa shape index (κ1) is 21.2. The predicted molar refractivity (Wildman–Crippen MR) is 101 cm³/mol. The molecule has 0 unspecified atom stereocenters. The number of hydrogen-bond donors (Lipinski definition) is 0. The van der Waals surface area contributed by atoms with Crippen LogP contribution in [0, 0.1) is 0 Å². The molecule has 0 saturated carbocycles. The van der Waals surface area contributed by atoms with Gasteiger partial charge in [0.05, 0.1) is 14.2 Å². The Balaban J connectivity index is 0.00000232. The van der Waals surface area contributed by atoms with Crippen LogP contribution in [0.2, 0.25) is 0 Å². The number of carbonyl (C=O) groups is 1. The number of alkyl halides is 1. The van der Waals surface area contributed by atoms with Gasteiger partial charge in [-0.15, -0.1) is 0 Å². The van der Waals surface area contributed by atoms with Gasteiger partial charge in [-0.25, -0.2) is 0 Å². The Hall–Kier alpha value is -1.81. The van der Waals surface area contributed by atoms with Gasteiger partial charge >= 0.3 is 0 Å². The lowest BCUT2D eigenvalue weighted by molar-refractivity contribution is 0.103. The number of Topliss-reactive ketones (excluding diaryl/α,β-unsaturated/α-hetero) is 1. The van der Waals surface area contributed by atoms with Gasteiger partial charge in [-0.3, -0.25) is 4.79 Å². The van der Waals surface area contributed by atoms with E-state index < -0.39 is 0 Å². The summed E-state index contributed by atoms with van der Waals surface area (Å²) in [7, 11) is 3.12. The molecule has 0 radical (unpaired) electrons. The summed E-state index contributed by atoms with van der Waals surface area (Å²) in [5.41, 5.74) is 2.04. The molecule has 1 aromatic carbocycles. The Morgan fingerprint density at radius 1 is 1.22 bits per heavy atom. The lowest BCUT2D eigenvalue weighted by Gasteiger charge is -2.13. The smallest absolute Gasteiger partial charge is 0.193 e. The Morgan fingerprint density at radius 2 is 1.78 bits per heavy atom. The summed E-state index contributed by atoms with van der Waals surface area (Å²) in [5.74, 6) is 1.08. The number of allylic oxidation sites excluding steroid dienone is 5. The van der Waals surface area contributed by atoms with Crippen molar-refractivity contribution in [2.75, 3.05) is 14.2 Å². The van der Waals surface area contributed by atoms with Crippen LogP contribution in [0.15, 0.2) is 48.6 Å². The van der Waals surface area contributed by atoms with Gasteiger partial charge in [0.15, 0.2) is 17.3 Å². The standard InChI is InChI=1S/C17H19BrO3.C2H6/c1-5-7-8-12(6-2)17(19)14-10-16(21-4)15(20-3)9-13(14)11-18;1-2/h5-10H,1,11H2,2-4H3;1-2H3/b8-7-,12-6+;. The van der Waals surface area contributed by atoms with Crippen LogP contribution in [-0.4, -0.2) is 20.0 Å². The molecule has 0 spiro atoms. The number of rotatable bonds is 7. The molecule has 0 aliphatic heterocycles. The van der Waals surface area contributed by atoms with Crippen molar-refractivity contribution >= 4 is 21.7 Å². The van der Waals surface area contributed by atoms with E-state index in [0.717, 1.165) is 5.56 Å². The number of ether oxygens (including phenoxy) is 2. The van der Waals surface area contributed by atoms with Crippen molar-refractivity contribution in [2.45, 2.75) is 26.1 Å². The summed E-state index contributed by atoms with van der Waals surface area (Å²) in [6.45, 7) is 9.44. The molecule has 0 aromatic heterocycles. The maximum absolute atomic E-state index is 12.7. The van der Waals surface area contributed by atoms with E-state index >= 15 is 0 Å². The molecule has 0 bridgehead atoms. The van der Waals surface area contributed by atoms with Crippen molar-refractivity contribution in [1.29, 1.82) is 0 Å². The lowest BCUT2D eigenvalue weighted by atomic mass is 9.97. The third-order valence-corrected chi connectivity index (χ3v) is 3.59. The third kappa shape index (κ3) is 5.71. The van der Waals surface area contributed by atoms with Crippen molar-refractivity contribution < 1.29 is 14.3 Å². The normalized spacial score (nSPS) is 10.8. The quantitative estimate of drug-likeness (QED) is 0.271. The van der Waals surface area contributed by atoms with Gasteiger partial charge in [-0.1, -0.05) is 60.7 Å². The second-order valence-electron chi connectivity index (χ2n) is 4.17. The maximum atomic E-state index is 12.7. The predicted octanol–water partition coefficient (Wildman–Crippen LogP) is 5.50. The highest BCUT2D eigenvalue weighted by atomic mass is 79.9. The monoisotopic (exact) mass is 380 g/mol. The van der Waals surface area contributed by atoms with Crippen molar-refractivity contribution in [3.63, 3.8) is 0 Å². The van der Waals surface area contributed by atoms with Crippen molar-refractivity contribution in [2.24, 2.45) is 0 Å². The van der Waals surface area contributed by atoms with Gasteiger partial charge in [0.25, 0.3) is 0 Å². The van der Waals surface area contributed by atoms with Gasteiger partial charge in [0, 0.05) is 16.5 Å². The minimum atomic E-state index is -0.0639. The molecular weight excluding hydrogens is 356 g/mol. The van der Waals surface area contributed by atoms with Gasteiger partial charge in [-0.05, 0) is 24.6 Å². The Morgan fingerprint density at radius 3 is 2.22 bits per heavy atom. The molecular formula is C19H25BrO3. The molecule has 4 heteroatoms. The molecule has 0 atom stereocenters. The molecule has 1 rings (SSSR count). The average Bonchev–Trinajstić information content (AvgIpc) is 2.62. The summed E-state index contributed by atoms with van der Waals surface area (Å²) in [4.78, 5) is 12.7. The molecule has 0 aliphatic carbocycles. The maximum Gasteiger partial charge on any atom is 0.193 e. The van der Waals surface area contributed by atoms with Crippen LogP contribution in [0.25, 0.3) is 0 Å². The summed E-state index contributed by atoms with van der Waals surface area (Å²) >= 11 is 3.41. The van der Waals surface area contributed by atoms with Crippen LogP contribution in [0.3, 0.4) is 0 Å². The topological polar surface area (TPSA) is 35.5 Å². The molecule has 0 saturated heterocycles. The highest BCUT2D eigenvalue weighted by Crippen LogP contribution is 2.32. The van der Waals surface area contributed by atoms with E-state index in [1.54, 1.807) is 44.6 Å². The fourth-order valence-electron chi connectivity index (χ4n) is 1.87. The number of halogens is 1. The molecule has 0 aliphatic rings. The summed E-state index contributed by atoms with van der Waals surface area (Å²) in [6, 6.07) is 3.52. The Bertz CT molecular complexity index is 587. The highest BCUT2D eigenvalue weighted by Gasteiger charge is 2.17. The van der Waals surface area contributed by atoms with Gasteiger partial charge < -0.3 is 9.47 Å². The first-order chi connectivity index (χ1) is 11.1. The van der Waals surface area contributed by atoms with Crippen LogP contribution < -0.4 is 9.47 Å². The highest BCUT2D eigenvalue weighted by molar-refractivity contribution is 9.08. The summed E-state index contributed by atoms with van der Waals surface area (Å²) < 4.78 is 10.5. The van der Waals surface area contributed by atoms with E-state index in [9.17, 15) is 4.79 Å². The Labute approximate surface area is 147 Å². The first-order valence-corrected chi connectivity index (χ1v) is 8.56. The van der Waals surface area contributed by atoms with Crippen LogP contribution >= 0.6 is 15.9 Å². The van der Waals surface area contributed by atoms with Crippen LogP contribution in [0.5, 0.6) is 11.5 Å². The van der Waals surface area contributed by atoms with Crippen molar-refractivity contribution in [3.05, 3.63) is 59.7 Å². The second-order valence-corrected chi connectivity index (χ2v) is 4.73. The van der Waals surface area contributed by atoms with Crippen LogP contribution in [-0.2, 0) is 5.33 Å². The second kappa shape index (κ2) is 11.7. The van der Waals surface area contributed by atoms with E-state index in [1.807, 2.05) is 26.8 Å². The third-order valence-electron chi connectivity index (χ3n) is 2.98. The molecule has 0 N–H and O–H groups in total. The molecule has 3 nitrogen and oxygen atoms in total. The van der Waals surface area contributed by atoms with Crippen LogP contribution in [0.4, 0.5) is 0 Å². The number of methoxy groups -OCH3 is 2. The SMILES string of the molecule is C=C/C=C\C(=C/C)C(=O)c1cc(OC)c(OC)cc1CBr.CC. The lowest BCUT2D eigenvalue weighted by Crippen LogP contribution is -2.06. The molecule has 0 fully saturated rings. The Kier molecular flexibility index (Phi) is 10.8. The molecule has 1 aromatic rings. The molecule has 126 valence electrons. The number of benzene rings is 1. The zero-order valence-electron chi connectivity index (χ0n) is 14.5. The van der Waals surface area contributed by atoms with E-state index in [0.29, 0.717) is 28.0 Å². The van der Waals surface area contributed by atoms with E-state index in [4.69, 9.17) is 9.47 Å². The fourth-order valence-corrected chi connectivity index (χ4v) is 2.34.